The van der Waals surface area contributed by atoms with E-state index >= 15 is 0 Å². The van der Waals surface area contributed by atoms with Crippen LogP contribution in [0.2, 0.25) is 0 Å². The number of nitrogens with zero attached hydrogens (tertiary/aromatic N) is 5. The van der Waals surface area contributed by atoms with Crippen LogP contribution in [0.15, 0.2) is 104 Å². The molecular formula is C32H31N7O2. The van der Waals surface area contributed by atoms with E-state index < -0.39 is 0 Å². The van der Waals surface area contributed by atoms with Gasteiger partial charge in [-0.25, -0.2) is 4.98 Å². The summed E-state index contributed by atoms with van der Waals surface area (Å²) in [6, 6.07) is 27.5. The highest BCUT2D eigenvalue weighted by Crippen LogP contribution is 2.30. The molecule has 3 aromatic carbocycles. The Labute approximate surface area is 238 Å². The number of imidazole rings is 1. The number of carbonyl (C=O) groups is 1. The maximum atomic E-state index is 12.3. The number of rotatable bonds is 9. The molecule has 1 amide bonds. The predicted octanol–water partition coefficient (Wildman–Crippen LogP) is 6.32. The first-order valence-corrected chi connectivity index (χ1v) is 13.7. The van der Waals surface area contributed by atoms with Crippen LogP contribution >= 0.6 is 0 Å². The predicted molar refractivity (Wildman–Crippen MR) is 160 cm³/mol. The molecule has 1 unspecified atom stereocenters. The highest BCUT2D eigenvalue weighted by Gasteiger charge is 2.26. The topological polar surface area (TPSA) is 97.2 Å². The summed E-state index contributed by atoms with van der Waals surface area (Å²) in [7, 11) is 0. The smallest absolute Gasteiger partial charge is 0.246 e. The van der Waals surface area contributed by atoms with Crippen molar-refractivity contribution < 1.29 is 9.53 Å². The van der Waals surface area contributed by atoms with E-state index in [2.05, 4.69) is 33.9 Å². The van der Waals surface area contributed by atoms with Crippen molar-refractivity contribution in [3.63, 3.8) is 0 Å². The Bertz CT molecular complexity index is 1640. The van der Waals surface area contributed by atoms with Crippen molar-refractivity contribution in [2.45, 2.75) is 25.4 Å². The molecule has 1 saturated heterocycles. The van der Waals surface area contributed by atoms with Crippen LogP contribution < -0.4 is 15.4 Å². The second-order valence-corrected chi connectivity index (χ2v) is 9.91. The Balaban J connectivity index is 1.29. The molecule has 3 heterocycles. The zero-order valence-corrected chi connectivity index (χ0v) is 22.6. The first-order valence-electron chi connectivity index (χ1n) is 13.7. The van der Waals surface area contributed by atoms with E-state index in [1.165, 1.54) is 6.08 Å². The molecule has 9 nitrogen and oxygen atoms in total. The number of fused-ring (bicyclic) bond motifs is 1. The average molecular weight is 546 g/mol. The fourth-order valence-electron chi connectivity index (χ4n) is 5.02. The summed E-state index contributed by atoms with van der Waals surface area (Å²) < 4.78 is 7.99. The van der Waals surface area contributed by atoms with Crippen molar-refractivity contribution >= 4 is 34.5 Å². The van der Waals surface area contributed by atoms with Gasteiger partial charge in [-0.2, -0.15) is 9.97 Å². The van der Waals surface area contributed by atoms with Crippen LogP contribution in [0.25, 0.3) is 11.2 Å². The zero-order chi connectivity index (χ0) is 28.0. The second-order valence-electron chi connectivity index (χ2n) is 9.91. The molecule has 0 saturated carbocycles. The zero-order valence-electron chi connectivity index (χ0n) is 22.6. The first kappa shape index (κ1) is 26.1. The van der Waals surface area contributed by atoms with Gasteiger partial charge in [0.1, 0.15) is 11.5 Å². The highest BCUT2D eigenvalue weighted by atomic mass is 16.5. The van der Waals surface area contributed by atoms with E-state index in [0.717, 1.165) is 42.1 Å². The van der Waals surface area contributed by atoms with Crippen LogP contribution in [0.4, 0.5) is 17.5 Å². The van der Waals surface area contributed by atoms with Crippen molar-refractivity contribution in [3.8, 4) is 11.5 Å². The SMILES string of the molecule is C=CC(=O)N1CCCC(n2cnc3c(NCc4ccccc4)nc(Nc4ccc(Oc5ccccc5)cc4)nc32)C1. The fraction of sp³-hybridized carbons (Fsp3) is 0.188. The number of amides is 1. The molecule has 9 heteroatoms. The third-order valence-corrected chi connectivity index (χ3v) is 7.09. The number of anilines is 3. The van der Waals surface area contributed by atoms with Crippen molar-refractivity contribution in [2.24, 2.45) is 0 Å². The number of ether oxygens (including phenoxy) is 1. The Morgan fingerprint density at radius 1 is 0.976 bits per heavy atom. The molecule has 0 radical (unpaired) electrons. The number of para-hydroxylation sites is 1. The Kier molecular flexibility index (Phi) is 7.57. The van der Waals surface area contributed by atoms with Gasteiger partial charge in [0.05, 0.1) is 12.4 Å². The van der Waals surface area contributed by atoms with Crippen LogP contribution in [0.5, 0.6) is 11.5 Å². The molecule has 5 aromatic rings. The molecule has 1 fully saturated rings. The molecule has 2 N–H and O–H groups in total. The van der Waals surface area contributed by atoms with Gasteiger partial charge in [0.2, 0.25) is 11.9 Å². The summed E-state index contributed by atoms with van der Waals surface area (Å²) in [5.74, 6) is 2.54. The Morgan fingerprint density at radius 2 is 1.71 bits per heavy atom. The molecular weight excluding hydrogens is 514 g/mol. The van der Waals surface area contributed by atoms with Gasteiger partial charge < -0.3 is 24.8 Å². The minimum absolute atomic E-state index is 0.0526. The molecule has 0 aliphatic carbocycles. The lowest BCUT2D eigenvalue weighted by Crippen LogP contribution is -2.39. The van der Waals surface area contributed by atoms with Gasteiger partial charge in [0.15, 0.2) is 17.0 Å². The monoisotopic (exact) mass is 545 g/mol. The maximum Gasteiger partial charge on any atom is 0.246 e. The summed E-state index contributed by atoms with van der Waals surface area (Å²) >= 11 is 0. The third kappa shape index (κ3) is 6.04. The molecule has 41 heavy (non-hydrogen) atoms. The van der Waals surface area contributed by atoms with E-state index in [1.807, 2.05) is 77.7 Å². The summed E-state index contributed by atoms with van der Waals surface area (Å²) in [4.78, 5) is 28.6. The van der Waals surface area contributed by atoms with E-state index in [4.69, 9.17) is 19.7 Å². The lowest BCUT2D eigenvalue weighted by atomic mass is 10.1. The minimum atomic E-state index is -0.0546. The first-order chi connectivity index (χ1) is 20.2. The number of hydrogen-bond acceptors (Lipinski definition) is 7. The molecule has 1 atom stereocenters. The van der Waals surface area contributed by atoms with Crippen LogP contribution in [0, 0.1) is 0 Å². The van der Waals surface area contributed by atoms with Crippen molar-refractivity contribution in [1.29, 1.82) is 0 Å². The number of likely N-dealkylation sites (tertiary alicyclic amines) is 1. The lowest BCUT2D eigenvalue weighted by Gasteiger charge is -2.32. The van der Waals surface area contributed by atoms with Gasteiger partial charge in [-0.15, -0.1) is 0 Å². The molecule has 0 bridgehead atoms. The molecule has 1 aliphatic rings. The molecule has 1 aliphatic heterocycles. The lowest BCUT2D eigenvalue weighted by molar-refractivity contribution is -0.127. The fourth-order valence-corrected chi connectivity index (χ4v) is 5.02. The van der Waals surface area contributed by atoms with Crippen LogP contribution in [-0.4, -0.2) is 43.4 Å². The van der Waals surface area contributed by atoms with Gasteiger partial charge >= 0.3 is 0 Å². The second kappa shape index (κ2) is 11.9. The summed E-state index contributed by atoms with van der Waals surface area (Å²) in [6.07, 6.45) is 5.00. The normalized spacial score (nSPS) is 14.9. The number of benzene rings is 3. The molecule has 206 valence electrons. The molecule has 0 spiro atoms. The number of piperidine rings is 1. The van der Waals surface area contributed by atoms with Gasteiger partial charge in [-0.3, -0.25) is 4.79 Å². The van der Waals surface area contributed by atoms with Crippen LogP contribution in [0.3, 0.4) is 0 Å². The van der Waals surface area contributed by atoms with Crippen molar-refractivity contribution in [1.82, 2.24) is 24.4 Å². The van der Waals surface area contributed by atoms with Gasteiger partial charge in [0, 0.05) is 25.3 Å². The van der Waals surface area contributed by atoms with Crippen molar-refractivity contribution in [3.05, 3.63) is 109 Å². The third-order valence-electron chi connectivity index (χ3n) is 7.09. The van der Waals surface area contributed by atoms with E-state index in [1.54, 1.807) is 6.33 Å². The minimum Gasteiger partial charge on any atom is -0.457 e. The summed E-state index contributed by atoms with van der Waals surface area (Å²) in [5.41, 5.74) is 3.35. The van der Waals surface area contributed by atoms with E-state index in [9.17, 15) is 4.79 Å². The van der Waals surface area contributed by atoms with Gasteiger partial charge in [0.25, 0.3) is 0 Å². The Hall–Kier alpha value is -5.18. The number of carbonyl (C=O) groups excluding carboxylic acids is 1. The van der Waals surface area contributed by atoms with E-state index in [-0.39, 0.29) is 11.9 Å². The summed E-state index contributed by atoms with van der Waals surface area (Å²) in [6.45, 7) is 5.55. The molecule has 2 aromatic heterocycles. The molecule has 6 rings (SSSR count). The average Bonchev–Trinajstić information content (AvgIpc) is 3.46. The van der Waals surface area contributed by atoms with Crippen LogP contribution in [0.1, 0.15) is 24.4 Å². The van der Waals surface area contributed by atoms with Gasteiger partial charge in [-0.05, 0) is 60.9 Å². The van der Waals surface area contributed by atoms with Crippen molar-refractivity contribution in [2.75, 3.05) is 23.7 Å². The van der Waals surface area contributed by atoms with Gasteiger partial charge in [-0.1, -0.05) is 55.1 Å². The summed E-state index contributed by atoms with van der Waals surface area (Å²) in [5, 5.41) is 6.80. The number of hydrogen-bond donors (Lipinski definition) is 2. The van der Waals surface area contributed by atoms with Crippen LogP contribution in [-0.2, 0) is 11.3 Å². The van der Waals surface area contributed by atoms with E-state index in [0.29, 0.717) is 36.0 Å². The number of aromatic nitrogens is 4. The highest BCUT2D eigenvalue weighted by molar-refractivity contribution is 5.87. The quantitative estimate of drug-likeness (QED) is 0.209. The number of nitrogens with one attached hydrogen (secondary N) is 2. The maximum absolute atomic E-state index is 12.3. The standard InChI is InChI=1S/C32H31N7O2/c1-2-28(40)38-19-9-12-25(21-38)39-22-34-29-30(33-20-23-10-5-3-6-11-23)36-32(37-31(29)39)35-24-15-17-27(18-16-24)41-26-13-7-4-8-14-26/h2-8,10-11,13-18,22,25H,1,9,12,19-21H2,(H2,33,35,36,37). The largest absolute Gasteiger partial charge is 0.457 e. The Morgan fingerprint density at radius 3 is 2.46 bits per heavy atom.